The predicted octanol–water partition coefficient (Wildman–Crippen LogP) is 3.63. The molecule has 3 aromatic rings. The third kappa shape index (κ3) is 2.28. The van der Waals surface area contributed by atoms with Crippen LogP contribution in [0.4, 0.5) is 5.69 Å². The Labute approximate surface area is 161 Å². The van der Waals surface area contributed by atoms with E-state index in [1.165, 1.54) is 4.90 Å². The van der Waals surface area contributed by atoms with Crippen LogP contribution in [-0.4, -0.2) is 29.9 Å². The number of benzene rings is 2. The SMILES string of the molecule is O=C(c1cc2c(Cl)cccc2[nH]1)N1C(=O)C2(CCNCC2)c2ccccc21. The number of anilines is 1. The van der Waals surface area contributed by atoms with Gasteiger partial charge in [-0.2, -0.15) is 0 Å². The molecule has 1 saturated heterocycles. The number of rotatable bonds is 1. The van der Waals surface area contributed by atoms with E-state index >= 15 is 0 Å². The number of imide groups is 1. The van der Waals surface area contributed by atoms with E-state index in [0.29, 0.717) is 29.2 Å². The molecule has 3 heterocycles. The number of H-pyrrole nitrogens is 1. The molecule has 5 nitrogen and oxygen atoms in total. The van der Waals surface area contributed by atoms with Gasteiger partial charge in [-0.25, -0.2) is 4.90 Å². The summed E-state index contributed by atoms with van der Waals surface area (Å²) in [6, 6.07) is 14.9. The number of fused-ring (bicyclic) bond motifs is 3. The third-order valence-electron chi connectivity index (χ3n) is 5.77. The molecule has 5 rings (SSSR count). The Morgan fingerprint density at radius 1 is 1.07 bits per heavy atom. The Kier molecular flexibility index (Phi) is 3.64. The summed E-state index contributed by atoms with van der Waals surface area (Å²) >= 11 is 6.24. The Balaban J connectivity index is 1.62. The molecule has 1 aromatic heterocycles. The summed E-state index contributed by atoms with van der Waals surface area (Å²) in [5.41, 5.74) is 2.19. The number of nitrogens with zero attached hydrogens (tertiary/aromatic N) is 1. The number of halogens is 1. The number of amides is 2. The van der Waals surface area contributed by atoms with E-state index < -0.39 is 5.41 Å². The molecule has 2 N–H and O–H groups in total. The first-order chi connectivity index (χ1) is 13.1. The van der Waals surface area contributed by atoms with Crippen LogP contribution in [0.2, 0.25) is 5.02 Å². The van der Waals surface area contributed by atoms with Gasteiger partial charge in [0.2, 0.25) is 5.91 Å². The van der Waals surface area contributed by atoms with Gasteiger partial charge in [-0.1, -0.05) is 35.9 Å². The number of para-hydroxylation sites is 1. The smallest absolute Gasteiger partial charge is 0.281 e. The molecule has 136 valence electrons. The van der Waals surface area contributed by atoms with E-state index in [4.69, 9.17) is 11.6 Å². The summed E-state index contributed by atoms with van der Waals surface area (Å²) in [6.45, 7) is 1.54. The molecular formula is C21H18ClN3O2. The van der Waals surface area contributed by atoms with Crippen LogP contribution < -0.4 is 10.2 Å². The third-order valence-corrected chi connectivity index (χ3v) is 6.10. The Hall–Kier alpha value is -2.63. The molecule has 0 aliphatic carbocycles. The molecule has 1 fully saturated rings. The quantitative estimate of drug-likeness (QED) is 0.634. The van der Waals surface area contributed by atoms with Gasteiger partial charge in [0.1, 0.15) is 5.69 Å². The number of carbonyl (C=O) groups excluding carboxylic acids is 2. The topological polar surface area (TPSA) is 65.2 Å². The van der Waals surface area contributed by atoms with Crippen LogP contribution in [0, 0.1) is 0 Å². The average molecular weight is 380 g/mol. The number of carbonyl (C=O) groups is 2. The van der Waals surface area contributed by atoms with E-state index in [1.54, 1.807) is 12.1 Å². The van der Waals surface area contributed by atoms with Gasteiger partial charge in [0, 0.05) is 15.9 Å². The first kappa shape index (κ1) is 16.5. The lowest BCUT2D eigenvalue weighted by atomic mass is 9.74. The fourth-order valence-electron chi connectivity index (χ4n) is 4.40. The highest BCUT2D eigenvalue weighted by atomic mass is 35.5. The van der Waals surface area contributed by atoms with Crippen LogP contribution in [0.3, 0.4) is 0 Å². The van der Waals surface area contributed by atoms with Crippen molar-refractivity contribution in [3.05, 3.63) is 64.8 Å². The van der Waals surface area contributed by atoms with Crippen molar-refractivity contribution in [2.75, 3.05) is 18.0 Å². The number of piperidine rings is 1. The summed E-state index contributed by atoms with van der Waals surface area (Å²) in [5.74, 6) is -0.463. The molecule has 2 aliphatic rings. The molecule has 27 heavy (non-hydrogen) atoms. The standard InChI is InChI=1S/C21H18ClN3O2/c22-15-5-3-6-16-13(15)12-17(24-16)19(26)25-18-7-2-1-4-14(18)21(20(25)27)8-10-23-11-9-21/h1-7,12,23-24H,8-11H2. The Bertz CT molecular complexity index is 1080. The van der Waals surface area contributed by atoms with Gasteiger partial charge in [-0.15, -0.1) is 0 Å². The molecule has 2 amide bonds. The number of nitrogens with one attached hydrogen (secondary N) is 2. The van der Waals surface area contributed by atoms with Gasteiger partial charge in [-0.05, 0) is 55.8 Å². The van der Waals surface area contributed by atoms with Gasteiger partial charge in [0.05, 0.1) is 11.1 Å². The zero-order valence-electron chi connectivity index (χ0n) is 14.6. The molecule has 0 unspecified atom stereocenters. The zero-order chi connectivity index (χ0) is 18.6. The number of aromatic amines is 1. The minimum Gasteiger partial charge on any atom is -0.350 e. The molecule has 6 heteroatoms. The maximum absolute atomic E-state index is 13.5. The average Bonchev–Trinajstić information content (AvgIpc) is 3.23. The van der Waals surface area contributed by atoms with Crippen molar-refractivity contribution in [2.24, 2.45) is 0 Å². The highest BCUT2D eigenvalue weighted by molar-refractivity contribution is 6.36. The lowest BCUT2D eigenvalue weighted by Crippen LogP contribution is -2.48. The van der Waals surface area contributed by atoms with Gasteiger partial charge < -0.3 is 10.3 Å². The van der Waals surface area contributed by atoms with Crippen LogP contribution in [0.15, 0.2) is 48.5 Å². The summed E-state index contributed by atoms with van der Waals surface area (Å²) in [5, 5.41) is 4.66. The lowest BCUT2D eigenvalue weighted by molar-refractivity contribution is -0.123. The molecule has 0 radical (unpaired) electrons. The van der Waals surface area contributed by atoms with Gasteiger partial charge in [0.25, 0.3) is 5.91 Å². The minimum atomic E-state index is -0.610. The second-order valence-electron chi connectivity index (χ2n) is 7.18. The van der Waals surface area contributed by atoms with Crippen molar-refractivity contribution in [1.82, 2.24) is 10.3 Å². The number of aromatic nitrogens is 1. The van der Waals surface area contributed by atoms with Crippen LogP contribution in [0.5, 0.6) is 0 Å². The summed E-state index contributed by atoms with van der Waals surface area (Å²) in [4.78, 5) is 31.3. The summed E-state index contributed by atoms with van der Waals surface area (Å²) < 4.78 is 0. The molecule has 0 saturated carbocycles. The number of hydrogen-bond acceptors (Lipinski definition) is 3. The highest BCUT2D eigenvalue weighted by Crippen LogP contribution is 2.47. The lowest BCUT2D eigenvalue weighted by Gasteiger charge is -2.32. The second-order valence-corrected chi connectivity index (χ2v) is 7.59. The van der Waals surface area contributed by atoms with Crippen molar-refractivity contribution in [1.29, 1.82) is 0 Å². The first-order valence-corrected chi connectivity index (χ1v) is 9.46. The largest absolute Gasteiger partial charge is 0.350 e. The Morgan fingerprint density at radius 2 is 1.85 bits per heavy atom. The molecule has 2 aromatic carbocycles. The Morgan fingerprint density at radius 3 is 2.63 bits per heavy atom. The van der Waals surface area contributed by atoms with Crippen molar-refractivity contribution >= 4 is 40.0 Å². The van der Waals surface area contributed by atoms with Crippen LogP contribution in [0.1, 0.15) is 28.9 Å². The molecule has 2 aliphatic heterocycles. The molecule has 0 bridgehead atoms. The summed E-state index contributed by atoms with van der Waals surface area (Å²) in [6.07, 6.45) is 1.40. The van der Waals surface area contributed by atoms with E-state index in [9.17, 15) is 9.59 Å². The fourth-order valence-corrected chi connectivity index (χ4v) is 4.63. The zero-order valence-corrected chi connectivity index (χ0v) is 15.3. The van der Waals surface area contributed by atoms with Crippen LogP contribution in [0.25, 0.3) is 10.9 Å². The second kappa shape index (κ2) is 5.94. The normalized spacial score (nSPS) is 18.3. The van der Waals surface area contributed by atoms with Crippen LogP contribution in [-0.2, 0) is 10.2 Å². The highest BCUT2D eigenvalue weighted by Gasteiger charge is 2.53. The van der Waals surface area contributed by atoms with Crippen LogP contribution >= 0.6 is 11.6 Å². The van der Waals surface area contributed by atoms with E-state index in [2.05, 4.69) is 10.3 Å². The van der Waals surface area contributed by atoms with E-state index in [-0.39, 0.29) is 11.8 Å². The predicted molar refractivity (Wildman–Crippen MR) is 105 cm³/mol. The van der Waals surface area contributed by atoms with Crippen molar-refractivity contribution in [3.63, 3.8) is 0 Å². The van der Waals surface area contributed by atoms with Crippen molar-refractivity contribution in [3.8, 4) is 0 Å². The molecule has 0 atom stereocenters. The van der Waals surface area contributed by atoms with Crippen molar-refractivity contribution in [2.45, 2.75) is 18.3 Å². The minimum absolute atomic E-state index is 0.125. The molecular weight excluding hydrogens is 362 g/mol. The van der Waals surface area contributed by atoms with E-state index in [0.717, 1.165) is 29.6 Å². The molecule has 1 spiro atoms. The van der Waals surface area contributed by atoms with Gasteiger partial charge in [0.15, 0.2) is 0 Å². The first-order valence-electron chi connectivity index (χ1n) is 9.08. The maximum Gasteiger partial charge on any atom is 0.281 e. The summed E-state index contributed by atoms with van der Waals surface area (Å²) in [7, 11) is 0. The van der Waals surface area contributed by atoms with Gasteiger partial charge in [-0.3, -0.25) is 9.59 Å². The van der Waals surface area contributed by atoms with E-state index in [1.807, 2.05) is 36.4 Å². The van der Waals surface area contributed by atoms with Gasteiger partial charge >= 0.3 is 0 Å². The monoisotopic (exact) mass is 379 g/mol. The fraction of sp³-hybridized carbons (Fsp3) is 0.238. The number of hydrogen-bond donors (Lipinski definition) is 2. The van der Waals surface area contributed by atoms with Crippen molar-refractivity contribution < 1.29 is 9.59 Å². The maximum atomic E-state index is 13.5.